The number of para-hydroxylation sites is 1. The van der Waals surface area contributed by atoms with Gasteiger partial charge in [-0.15, -0.1) is 6.58 Å². The largest absolute Gasteiger partial charge is 0.298 e. The Kier molecular flexibility index (Phi) is 5.79. The molecule has 0 bridgehead atoms. The Labute approximate surface area is 189 Å². The molecule has 1 fully saturated rings. The van der Waals surface area contributed by atoms with Crippen LogP contribution in [0.1, 0.15) is 5.56 Å². The second kappa shape index (κ2) is 8.67. The Morgan fingerprint density at radius 2 is 1.71 bits per heavy atom. The molecule has 1 aliphatic rings. The fourth-order valence-electron chi connectivity index (χ4n) is 3.22. The fourth-order valence-corrected chi connectivity index (χ4v) is 3.75. The highest BCUT2D eigenvalue weighted by molar-refractivity contribution is 7.80. The number of carbonyl (C=O) groups is 2. The molecule has 6 nitrogen and oxygen atoms in total. The average molecular weight is 449 g/mol. The number of carbonyl (C=O) groups excluding carboxylic acids is 2. The number of rotatable bonds is 5. The van der Waals surface area contributed by atoms with Crippen molar-refractivity contribution >= 4 is 46.8 Å². The van der Waals surface area contributed by atoms with Gasteiger partial charge in [0.2, 0.25) is 0 Å². The Bertz CT molecular complexity index is 1220. The molecule has 1 saturated heterocycles. The predicted octanol–water partition coefficient (Wildman–Crippen LogP) is 4.01. The van der Waals surface area contributed by atoms with Gasteiger partial charge in [-0.3, -0.25) is 19.8 Å². The van der Waals surface area contributed by atoms with Crippen molar-refractivity contribution in [1.82, 2.24) is 20.0 Å². The summed E-state index contributed by atoms with van der Waals surface area (Å²) in [6.45, 7) is 3.81. The first-order valence-electron chi connectivity index (χ1n) is 9.40. The van der Waals surface area contributed by atoms with Crippen molar-refractivity contribution in [3.63, 3.8) is 0 Å². The first kappa shape index (κ1) is 20.7. The molecule has 0 radical (unpaired) electrons. The highest BCUT2D eigenvalue weighted by atomic mass is 35.5. The van der Waals surface area contributed by atoms with E-state index in [2.05, 4.69) is 17.0 Å². The molecule has 2 aromatic carbocycles. The van der Waals surface area contributed by atoms with Crippen LogP contribution in [0.15, 0.2) is 78.9 Å². The molecule has 1 aliphatic heterocycles. The molecule has 0 spiro atoms. The summed E-state index contributed by atoms with van der Waals surface area (Å²) in [7, 11) is 0. The lowest BCUT2D eigenvalue weighted by Gasteiger charge is -2.27. The predicted molar refractivity (Wildman–Crippen MR) is 125 cm³/mol. The number of nitrogens with zero attached hydrogens (tertiary/aromatic N) is 3. The van der Waals surface area contributed by atoms with Crippen LogP contribution in [0.3, 0.4) is 0 Å². The van der Waals surface area contributed by atoms with Gasteiger partial charge in [-0.25, -0.2) is 4.68 Å². The number of hydrogen-bond acceptors (Lipinski definition) is 4. The van der Waals surface area contributed by atoms with Crippen LogP contribution in [0.2, 0.25) is 5.15 Å². The Hall–Kier alpha value is -3.55. The zero-order valence-corrected chi connectivity index (χ0v) is 17.9. The van der Waals surface area contributed by atoms with E-state index in [-0.39, 0.29) is 22.4 Å². The van der Waals surface area contributed by atoms with E-state index in [0.29, 0.717) is 11.3 Å². The third kappa shape index (κ3) is 3.93. The van der Waals surface area contributed by atoms with Crippen LogP contribution in [0.4, 0.5) is 0 Å². The lowest BCUT2D eigenvalue weighted by molar-refractivity contribution is -0.128. The number of hydrogen-bond donors (Lipinski definition) is 1. The molecular formula is C23H17ClN4O2S. The zero-order valence-electron chi connectivity index (χ0n) is 16.3. The van der Waals surface area contributed by atoms with Crippen LogP contribution in [0.25, 0.3) is 23.0 Å². The summed E-state index contributed by atoms with van der Waals surface area (Å²) in [6, 6.07) is 18.8. The Morgan fingerprint density at radius 1 is 1.06 bits per heavy atom. The average Bonchev–Trinajstić information content (AvgIpc) is 3.11. The van der Waals surface area contributed by atoms with Gasteiger partial charge >= 0.3 is 0 Å². The van der Waals surface area contributed by atoms with Crippen LogP contribution >= 0.6 is 23.8 Å². The van der Waals surface area contributed by atoms with Crippen molar-refractivity contribution in [2.75, 3.05) is 6.54 Å². The minimum absolute atomic E-state index is 0.0430. The van der Waals surface area contributed by atoms with Crippen LogP contribution in [0, 0.1) is 0 Å². The Morgan fingerprint density at radius 3 is 2.35 bits per heavy atom. The van der Waals surface area contributed by atoms with Gasteiger partial charge in [-0.05, 0) is 30.4 Å². The molecule has 0 saturated carbocycles. The van der Waals surface area contributed by atoms with E-state index in [9.17, 15) is 9.59 Å². The fraction of sp³-hybridized carbons (Fsp3) is 0.0435. The van der Waals surface area contributed by atoms with Gasteiger partial charge in [0.1, 0.15) is 16.4 Å². The number of thiocarbonyl (C=S) groups is 1. The van der Waals surface area contributed by atoms with Crippen molar-refractivity contribution in [2.45, 2.75) is 0 Å². The normalized spacial score (nSPS) is 15.3. The Balaban J connectivity index is 1.90. The number of halogens is 1. The SMILES string of the molecule is C=CCN1C(=O)/C(=C/c2c(-c3ccccc3)nn(-c3ccccc3)c2Cl)C(=O)NC1=S. The van der Waals surface area contributed by atoms with Gasteiger partial charge in [-0.2, -0.15) is 5.10 Å². The summed E-state index contributed by atoms with van der Waals surface area (Å²) in [6.07, 6.45) is 3.00. The maximum Gasteiger partial charge on any atom is 0.265 e. The van der Waals surface area contributed by atoms with E-state index >= 15 is 0 Å². The molecule has 31 heavy (non-hydrogen) atoms. The highest BCUT2D eigenvalue weighted by Gasteiger charge is 2.33. The van der Waals surface area contributed by atoms with Crippen molar-refractivity contribution in [3.05, 3.63) is 89.6 Å². The number of nitrogens with one attached hydrogen (secondary N) is 1. The van der Waals surface area contributed by atoms with Crippen LogP contribution in [-0.2, 0) is 9.59 Å². The van der Waals surface area contributed by atoms with E-state index in [0.717, 1.165) is 11.3 Å². The summed E-state index contributed by atoms with van der Waals surface area (Å²) in [5.41, 5.74) is 2.48. The lowest BCUT2D eigenvalue weighted by Crippen LogP contribution is -2.53. The van der Waals surface area contributed by atoms with E-state index in [1.807, 2.05) is 60.7 Å². The number of benzene rings is 2. The van der Waals surface area contributed by atoms with Gasteiger partial charge in [0, 0.05) is 17.7 Å². The number of aromatic nitrogens is 2. The molecule has 0 aliphatic carbocycles. The molecule has 154 valence electrons. The topological polar surface area (TPSA) is 67.2 Å². The second-order valence-electron chi connectivity index (χ2n) is 6.69. The molecule has 2 heterocycles. The third-order valence-corrected chi connectivity index (χ3v) is 5.38. The number of amides is 2. The van der Waals surface area contributed by atoms with Crippen molar-refractivity contribution in [1.29, 1.82) is 0 Å². The molecular weight excluding hydrogens is 432 g/mol. The van der Waals surface area contributed by atoms with E-state index in [1.54, 1.807) is 4.68 Å². The minimum Gasteiger partial charge on any atom is -0.298 e. The van der Waals surface area contributed by atoms with E-state index in [1.165, 1.54) is 17.1 Å². The second-order valence-corrected chi connectivity index (χ2v) is 7.43. The van der Waals surface area contributed by atoms with E-state index < -0.39 is 11.8 Å². The summed E-state index contributed by atoms with van der Waals surface area (Å²) in [5.74, 6) is -1.10. The van der Waals surface area contributed by atoms with Gasteiger partial charge in [0.15, 0.2) is 5.11 Å². The molecule has 0 atom stereocenters. The quantitative estimate of drug-likeness (QED) is 0.277. The minimum atomic E-state index is -0.585. The van der Waals surface area contributed by atoms with Gasteiger partial charge in [0.25, 0.3) is 11.8 Å². The summed E-state index contributed by atoms with van der Waals surface area (Å²) >= 11 is 11.8. The summed E-state index contributed by atoms with van der Waals surface area (Å²) in [4.78, 5) is 26.8. The smallest absolute Gasteiger partial charge is 0.265 e. The van der Waals surface area contributed by atoms with Crippen molar-refractivity contribution < 1.29 is 9.59 Å². The summed E-state index contributed by atoms with van der Waals surface area (Å²) < 4.78 is 1.58. The first-order chi connectivity index (χ1) is 15.0. The van der Waals surface area contributed by atoms with E-state index in [4.69, 9.17) is 23.8 Å². The monoisotopic (exact) mass is 448 g/mol. The summed E-state index contributed by atoms with van der Waals surface area (Å²) in [5, 5.41) is 7.54. The third-order valence-electron chi connectivity index (χ3n) is 4.70. The molecule has 0 unspecified atom stereocenters. The molecule has 1 N–H and O–H groups in total. The van der Waals surface area contributed by atoms with Gasteiger partial charge in [0.05, 0.1) is 5.69 Å². The van der Waals surface area contributed by atoms with Crippen LogP contribution < -0.4 is 5.32 Å². The van der Waals surface area contributed by atoms with Crippen LogP contribution in [-0.4, -0.2) is 38.2 Å². The van der Waals surface area contributed by atoms with Gasteiger partial charge in [-0.1, -0.05) is 66.2 Å². The molecule has 3 aromatic rings. The maximum atomic E-state index is 13.0. The van der Waals surface area contributed by atoms with Crippen LogP contribution in [0.5, 0.6) is 0 Å². The lowest BCUT2D eigenvalue weighted by atomic mass is 10.0. The van der Waals surface area contributed by atoms with Gasteiger partial charge < -0.3 is 0 Å². The van der Waals surface area contributed by atoms with Crippen molar-refractivity contribution in [3.8, 4) is 16.9 Å². The molecule has 8 heteroatoms. The molecule has 4 rings (SSSR count). The first-order valence-corrected chi connectivity index (χ1v) is 10.2. The van der Waals surface area contributed by atoms with Crippen molar-refractivity contribution in [2.24, 2.45) is 0 Å². The molecule has 2 amide bonds. The highest BCUT2D eigenvalue weighted by Crippen LogP contribution is 2.33. The standard InChI is InChI=1S/C23H17ClN4O2S/c1-2-13-27-22(30)18(21(29)25-23(27)31)14-17-19(15-9-5-3-6-10-15)26-28(20(17)24)16-11-7-4-8-12-16/h2-12,14H,1,13H2,(H,25,29,31)/b18-14+. The zero-order chi connectivity index (χ0) is 22.0. The molecule has 1 aromatic heterocycles. The maximum absolute atomic E-state index is 13.0.